The third kappa shape index (κ3) is 3.06. The minimum absolute atomic E-state index is 0.515. The molecule has 0 bridgehead atoms. The van der Waals surface area contributed by atoms with E-state index >= 15 is 0 Å². The molecule has 6 heteroatoms. The summed E-state index contributed by atoms with van der Waals surface area (Å²) in [5.41, 5.74) is 1.99. The zero-order valence-corrected chi connectivity index (χ0v) is 15.0. The predicted molar refractivity (Wildman–Crippen MR) is 93.4 cm³/mol. The molecule has 0 aliphatic heterocycles. The Hall–Kier alpha value is -1.14. The Bertz CT molecular complexity index is 663. The van der Waals surface area contributed by atoms with E-state index in [0.717, 1.165) is 37.7 Å². The fourth-order valence-corrected chi connectivity index (χ4v) is 3.36. The average Bonchev–Trinajstić information content (AvgIpc) is 3.29. The summed E-state index contributed by atoms with van der Waals surface area (Å²) in [6.45, 7) is 2.02. The summed E-state index contributed by atoms with van der Waals surface area (Å²) in [7, 11) is 1.89. The molecule has 1 aliphatic carbocycles. The molecule has 1 aromatic heterocycles. The topological polar surface area (TPSA) is 49.8 Å². The fraction of sp³-hybridized carbons (Fsp3) is 0.333. The molecule has 0 spiro atoms. The first-order valence-corrected chi connectivity index (χ1v) is 8.46. The molecule has 0 atom stereocenters. The predicted octanol–water partition coefficient (Wildman–Crippen LogP) is 4.97. The van der Waals surface area contributed by atoms with E-state index in [1.165, 1.54) is 12.8 Å². The van der Waals surface area contributed by atoms with Crippen molar-refractivity contribution in [1.82, 2.24) is 9.97 Å². The number of para-hydroxylation sites is 1. The normalized spacial score (nSPS) is 14.1. The van der Waals surface area contributed by atoms with E-state index in [1.807, 2.05) is 32.2 Å². The maximum Gasteiger partial charge on any atom is 0.139 e. The minimum Gasteiger partial charge on any atom is -0.373 e. The van der Waals surface area contributed by atoms with Gasteiger partial charge in [0.15, 0.2) is 0 Å². The van der Waals surface area contributed by atoms with Crippen molar-refractivity contribution in [2.24, 2.45) is 0 Å². The summed E-state index contributed by atoms with van der Waals surface area (Å²) in [6.07, 6.45) is 2.37. The second kappa shape index (κ2) is 5.93. The second-order valence-corrected chi connectivity index (χ2v) is 6.86. The molecule has 0 saturated heterocycles. The van der Waals surface area contributed by atoms with E-state index in [-0.39, 0.29) is 0 Å². The smallest absolute Gasteiger partial charge is 0.139 e. The van der Waals surface area contributed by atoms with Crippen molar-refractivity contribution in [2.45, 2.75) is 25.7 Å². The lowest BCUT2D eigenvalue weighted by Gasteiger charge is -2.15. The van der Waals surface area contributed by atoms with Gasteiger partial charge in [-0.05, 0) is 63.8 Å². The van der Waals surface area contributed by atoms with Crippen molar-refractivity contribution >= 4 is 49.2 Å². The first-order chi connectivity index (χ1) is 10.1. The van der Waals surface area contributed by atoms with Gasteiger partial charge in [0, 0.05) is 27.5 Å². The summed E-state index contributed by atoms with van der Waals surface area (Å²) < 4.78 is 1.99. The number of hydrogen-bond acceptors (Lipinski definition) is 4. The minimum atomic E-state index is 0.515. The van der Waals surface area contributed by atoms with Crippen LogP contribution in [-0.2, 0) is 0 Å². The van der Waals surface area contributed by atoms with Gasteiger partial charge < -0.3 is 10.6 Å². The van der Waals surface area contributed by atoms with Crippen molar-refractivity contribution in [3.63, 3.8) is 0 Å². The van der Waals surface area contributed by atoms with Gasteiger partial charge in [0.25, 0.3) is 0 Å². The summed E-state index contributed by atoms with van der Waals surface area (Å²) in [6, 6.07) is 6.00. The van der Waals surface area contributed by atoms with Gasteiger partial charge in [-0.25, -0.2) is 9.97 Å². The summed E-state index contributed by atoms with van der Waals surface area (Å²) >= 11 is 7.15. The second-order valence-electron chi connectivity index (χ2n) is 5.15. The van der Waals surface area contributed by atoms with Crippen LogP contribution < -0.4 is 10.6 Å². The molecule has 2 N–H and O–H groups in total. The van der Waals surface area contributed by atoms with Crippen LogP contribution in [-0.4, -0.2) is 17.0 Å². The van der Waals surface area contributed by atoms with E-state index in [4.69, 9.17) is 4.98 Å². The van der Waals surface area contributed by atoms with Gasteiger partial charge in [0.1, 0.15) is 17.5 Å². The van der Waals surface area contributed by atoms with Gasteiger partial charge in [-0.3, -0.25) is 0 Å². The van der Waals surface area contributed by atoms with Crippen molar-refractivity contribution in [3.05, 3.63) is 38.5 Å². The average molecular weight is 412 g/mol. The Kier molecular flexibility index (Phi) is 4.17. The van der Waals surface area contributed by atoms with E-state index in [2.05, 4.69) is 47.5 Å². The molecule has 0 radical (unpaired) electrons. The number of nitrogens with zero attached hydrogens (tertiary/aromatic N) is 2. The van der Waals surface area contributed by atoms with Crippen LogP contribution in [0.25, 0.3) is 0 Å². The van der Waals surface area contributed by atoms with Crippen LogP contribution in [0.2, 0.25) is 0 Å². The summed E-state index contributed by atoms with van der Waals surface area (Å²) in [4.78, 5) is 9.33. The lowest BCUT2D eigenvalue weighted by Crippen LogP contribution is -2.07. The Labute approximate surface area is 141 Å². The molecule has 0 unspecified atom stereocenters. The summed E-state index contributed by atoms with van der Waals surface area (Å²) in [5.74, 6) is 3.18. The third-order valence-electron chi connectivity index (χ3n) is 3.55. The first-order valence-electron chi connectivity index (χ1n) is 6.87. The molecule has 1 aliphatic rings. The SMILES string of the molecule is CNc1nc(C2CC2)nc(Nc2c(Br)cccc2Br)c1C. The Morgan fingerprint density at radius 1 is 1.10 bits per heavy atom. The highest BCUT2D eigenvalue weighted by atomic mass is 79.9. The Morgan fingerprint density at radius 2 is 1.71 bits per heavy atom. The van der Waals surface area contributed by atoms with E-state index in [9.17, 15) is 0 Å². The fourth-order valence-electron chi connectivity index (χ4n) is 2.16. The molecule has 1 fully saturated rings. The number of aromatic nitrogens is 2. The molecule has 2 aromatic rings. The van der Waals surface area contributed by atoms with Crippen LogP contribution in [0.3, 0.4) is 0 Å². The van der Waals surface area contributed by atoms with Crippen molar-refractivity contribution < 1.29 is 0 Å². The molecule has 1 saturated carbocycles. The van der Waals surface area contributed by atoms with Crippen LogP contribution in [0.5, 0.6) is 0 Å². The van der Waals surface area contributed by atoms with Gasteiger partial charge in [-0.15, -0.1) is 0 Å². The highest BCUT2D eigenvalue weighted by Gasteiger charge is 2.28. The maximum atomic E-state index is 4.72. The van der Waals surface area contributed by atoms with Crippen LogP contribution >= 0.6 is 31.9 Å². The molecule has 21 heavy (non-hydrogen) atoms. The van der Waals surface area contributed by atoms with E-state index in [0.29, 0.717) is 5.92 Å². The van der Waals surface area contributed by atoms with Crippen LogP contribution in [0.15, 0.2) is 27.1 Å². The number of nitrogens with one attached hydrogen (secondary N) is 2. The highest BCUT2D eigenvalue weighted by Crippen LogP contribution is 2.40. The van der Waals surface area contributed by atoms with Gasteiger partial charge in [-0.2, -0.15) is 0 Å². The molecule has 0 amide bonds. The van der Waals surface area contributed by atoms with E-state index in [1.54, 1.807) is 0 Å². The van der Waals surface area contributed by atoms with Gasteiger partial charge in [0.05, 0.1) is 5.69 Å². The third-order valence-corrected chi connectivity index (χ3v) is 4.87. The van der Waals surface area contributed by atoms with Crippen LogP contribution in [0.4, 0.5) is 17.3 Å². The molecular weight excluding hydrogens is 396 g/mol. The number of anilines is 3. The van der Waals surface area contributed by atoms with Gasteiger partial charge in [0.2, 0.25) is 0 Å². The monoisotopic (exact) mass is 410 g/mol. The standard InChI is InChI=1S/C15H16Br2N4/c1-8-13(18-2)20-15(9-6-7-9)21-14(8)19-12-10(16)4-3-5-11(12)17/h3-5,9H,6-7H2,1-2H3,(H2,18,19,20,21). The Balaban J connectivity index is 2.03. The van der Waals surface area contributed by atoms with Crippen molar-refractivity contribution in [1.29, 1.82) is 0 Å². The number of halogens is 2. The molecule has 3 rings (SSSR count). The Morgan fingerprint density at radius 3 is 2.29 bits per heavy atom. The first kappa shape index (κ1) is 14.8. The lowest BCUT2D eigenvalue weighted by atomic mass is 10.2. The van der Waals surface area contributed by atoms with Crippen LogP contribution in [0, 0.1) is 6.92 Å². The van der Waals surface area contributed by atoms with E-state index < -0.39 is 0 Å². The number of rotatable bonds is 4. The van der Waals surface area contributed by atoms with Gasteiger partial charge in [-0.1, -0.05) is 6.07 Å². The summed E-state index contributed by atoms with van der Waals surface area (Å²) in [5, 5.41) is 6.58. The van der Waals surface area contributed by atoms with Crippen molar-refractivity contribution in [2.75, 3.05) is 17.7 Å². The largest absolute Gasteiger partial charge is 0.373 e. The van der Waals surface area contributed by atoms with Crippen LogP contribution in [0.1, 0.15) is 30.1 Å². The maximum absolute atomic E-state index is 4.72. The highest BCUT2D eigenvalue weighted by molar-refractivity contribution is 9.11. The molecule has 110 valence electrons. The molecule has 4 nitrogen and oxygen atoms in total. The number of hydrogen-bond donors (Lipinski definition) is 2. The zero-order valence-electron chi connectivity index (χ0n) is 11.9. The molecule has 1 aromatic carbocycles. The molecule has 1 heterocycles. The van der Waals surface area contributed by atoms with Crippen molar-refractivity contribution in [3.8, 4) is 0 Å². The molecular formula is C15H16Br2N4. The number of benzene rings is 1. The quantitative estimate of drug-likeness (QED) is 0.745. The zero-order chi connectivity index (χ0) is 15.0. The lowest BCUT2D eigenvalue weighted by molar-refractivity contribution is 0.923. The van der Waals surface area contributed by atoms with Gasteiger partial charge >= 0.3 is 0 Å².